The average Bonchev–Trinajstić information content (AvgIpc) is 2.36. The smallest absolute Gasteiger partial charge is 0.122 e. The van der Waals surface area contributed by atoms with Gasteiger partial charge in [-0.3, -0.25) is 0 Å². The summed E-state index contributed by atoms with van der Waals surface area (Å²) >= 11 is 11.7. The molecule has 0 bridgehead atoms. The minimum Gasteiger partial charge on any atom is -0.490 e. The van der Waals surface area contributed by atoms with Crippen LogP contribution in [0.4, 0.5) is 5.69 Å². The van der Waals surface area contributed by atoms with Crippen LogP contribution in [0.1, 0.15) is 0 Å². The van der Waals surface area contributed by atoms with Crippen molar-refractivity contribution in [3.63, 3.8) is 0 Å². The summed E-state index contributed by atoms with van der Waals surface area (Å²) in [6, 6.07) is 12.3. The monoisotopic (exact) mass is 297 g/mol. The first kappa shape index (κ1) is 13.8. The van der Waals surface area contributed by atoms with E-state index in [9.17, 15) is 0 Å². The number of rotatable bonds is 5. The van der Waals surface area contributed by atoms with Crippen LogP contribution in [0.15, 0.2) is 42.5 Å². The molecular weight excluding hydrogens is 285 g/mol. The molecule has 0 spiro atoms. The molecule has 19 heavy (non-hydrogen) atoms. The van der Waals surface area contributed by atoms with Crippen LogP contribution in [0.5, 0.6) is 11.5 Å². The van der Waals surface area contributed by atoms with Gasteiger partial charge in [0.2, 0.25) is 0 Å². The van der Waals surface area contributed by atoms with E-state index in [0.29, 0.717) is 34.7 Å². The van der Waals surface area contributed by atoms with Crippen LogP contribution in [0.2, 0.25) is 10.0 Å². The first-order chi connectivity index (χ1) is 9.13. The molecule has 0 aliphatic heterocycles. The van der Waals surface area contributed by atoms with E-state index in [4.69, 9.17) is 38.4 Å². The van der Waals surface area contributed by atoms with Crippen LogP contribution in [0.25, 0.3) is 0 Å². The molecule has 0 radical (unpaired) electrons. The van der Waals surface area contributed by atoms with Crippen molar-refractivity contribution < 1.29 is 9.47 Å². The lowest BCUT2D eigenvalue weighted by Gasteiger charge is -2.09. The van der Waals surface area contributed by atoms with E-state index >= 15 is 0 Å². The molecule has 5 heteroatoms. The molecule has 0 saturated heterocycles. The zero-order valence-corrected chi connectivity index (χ0v) is 11.6. The largest absolute Gasteiger partial charge is 0.490 e. The normalized spacial score (nSPS) is 10.2. The minimum atomic E-state index is 0.404. The van der Waals surface area contributed by atoms with Gasteiger partial charge in [0, 0.05) is 15.7 Å². The summed E-state index contributed by atoms with van der Waals surface area (Å²) in [6.07, 6.45) is 0. The van der Waals surface area contributed by atoms with Crippen LogP contribution >= 0.6 is 23.2 Å². The van der Waals surface area contributed by atoms with Gasteiger partial charge in [-0.05, 0) is 42.5 Å². The lowest BCUT2D eigenvalue weighted by atomic mass is 10.3. The zero-order chi connectivity index (χ0) is 13.7. The summed E-state index contributed by atoms with van der Waals surface area (Å²) in [7, 11) is 0. The average molecular weight is 298 g/mol. The molecule has 2 rings (SSSR count). The molecule has 2 aromatic rings. The Morgan fingerprint density at radius 3 is 1.89 bits per heavy atom. The Labute approximate surface area is 121 Å². The van der Waals surface area contributed by atoms with E-state index in [-0.39, 0.29) is 0 Å². The molecule has 0 atom stereocenters. The molecule has 0 aliphatic carbocycles. The Bertz CT molecular complexity index is 523. The van der Waals surface area contributed by atoms with Crippen LogP contribution in [-0.2, 0) is 0 Å². The maximum Gasteiger partial charge on any atom is 0.122 e. The molecular formula is C14H13Cl2NO2. The predicted molar refractivity (Wildman–Crippen MR) is 78.3 cm³/mol. The molecule has 0 fully saturated rings. The molecule has 0 saturated carbocycles. The Hall–Kier alpha value is -1.58. The van der Waals surface area contributed by atoms with E-state index in [1.165, 1.54) is 0 Å². The van der Waals surface area contributed by atoms with Crippen LogP contribution in [0, 0.1) is 0 Å². The van der Waals surface area contributed by atoms with Gasteiger partial charge in [0.1, 0.15) is 24.7 Å². The lowest BCUT2D eigenvalue weighted by molar-refractivity contribution is 0.217. The first-order valence-corrected chi connectivity index (χ1v) is 6.46. The highest BCUT2D eigenvalue weighted by Crippen LogP contribution is 2.24. The summed E-state index contributed by atoms with van der Waals surface area (Å²) in [4.78, 5) is 0. The zero-order valence-electron chi connectivity index (χ0n) is 10.1. The highest BCUT2D eigenvalue weighted by atomic mass is 35.5. The molecule has 0 aromatic heterocycles. The van der Waals surface area contributed by atoms with E-state index < -0.39 is 0 Å². The summed E-state index contributed by atoms with van der Waals surface area (Å²) < 4.78 is 11.0. The van der Waals surface area contributed by atoms with E-state index in [1.807, 2.05) is 12.1 Å². The summed E-state index contributed by atoms with van der Waals surface area (Å²) in [5, 5.41) is 1.09. The third-order valence-electron chi connectivity index (χ3n) is 2.34. The maximum atomic E-state index is 5.87. The SMILES string of the molecule is Nc1ccc(OCCOc2cc(Cl)cc(Cl)c2)cc1. The number of nitrogens with two attached hydrogens (primary N) is 1. The van der Waals surface area contributed by atoms with Gasteiger partial charge in [0.25, 0.3) is 0 Å². The van der Waals surface area contributed by atoms with Crippen molar-refractivity contribution in [1.82, 2.24) is 0 Å². The van der Waals surface area contributed by atoms with Gasteiger partial charge in [0.15, 0.2) is 0 Å². The fraction of sp³-hybridized carbons (Fsp3) is 0.143. The van der Waals surface area contributed by atoms with E-state index in [2.05, 4.69) is 0 Å². The van der Waals surface area contributed by atoms with Gasteiger partial charge in [-0.2, -0.15) is 0 Å². The van der Waals surface area contributed by atoms with E-state index in [0.717, 1.165) is 5.75 Å². The van der Waals surface area contributed by atoms with Crippen molar-refractivity contribution >= 4 is 28.9 Å². The van der Waals surface area contributed by atoms with Gasteiger partial charge in [-0.15, -0.1) is 0 Å². The lowest BCUT2D eigenvalue weighted by Crippen LogP contribution is -2.09. The third-order valence-corrected chi connectivity index (χ3v) is 2.77. The quantitative estimate of drug-likeness (QED) is 0.669. The van der Waals surface area contributed by atoms with Gasteiger partial charge in [0.05, 0.1) is 0 Å². The molecule has 100 valence electrons. The van der Waals surface area contributed by atoms with Crippen molar-refractivity contribution in [2.24, 2.45) is 0 Å². The van der Waals surface area contributed by atoms with Gasteiger partial charge < -0.3 is 15.2 Å². The minimum absolute atomic E-state index is 0.404. The van der Waals surface area contributed by atoms with Crippen LogP contribution < -0.4 is 15.2 Å². The van der Waals surface area contributed by atoms with Crippen LogP contribution in [0.3, 0.4) is 0 Å². The Kier molecular flexibility index (Phi) is 4.77. The second kappa shape index (κ2) is 6.55. The van der Waals surface area contributed by atoms with Gasteiger partial charge in [-0.25, -0.2) is 0 Å². The fourth-order valence-corrected chi connectivity index (χ4v) is 2.00. The number of benzene rings is 2. The molecule has 0 aliphatic rings. The molecule has 0 unspecified atom stereocenters. The molecule has 0 heterocycles. The summed E-state index contributed by atoms with van der Waals surface area (Å²) in [5.74, 6) is 1.38. The number of nitrogen functional groups attached to an aromatic ring is 1. The van der Waals surface area contributed by atoms with Crippen molar-refractivity contribution in [3.05, 3.63) is 52.5 Å². The predicted octanol–water partition coefficient (Wildman–Crippen LogP) is 4.03. The first-order valence-electron chi connectivity index (χ1n) is 5.71. The van der Waals surface area contributed by atoms with Gasteiger partial charge in [-0.1, -0.05) is 23.2 Å². The second-order valence-electron chi connectivity index (χ2n) is 3.87. The molecule has 0 amide bonds. The number of hydrogen-bond acceptors (Lipinski definition) is 3. The van der Waals surface area contributed by atoms with Crippen molar-refractivity contribution in [1.29, 1.82) is 0 Å². The Morgan fingerprint density at radius 1 is 0.789 bits per heavy atom. The van der Waals surface area contributed by atoms with Crippen molar-refractivity contribution in [3.8, 4) is 11.5 Å². The molecule has 2 aromatic carbocycles. The number of ether oxygens (including phenoxy) is 2. The van der Waals surface area contributed by atoms with Crippen LogP contribution in [-0.4, -0.2) is 13.2 Å². The molecule has 3 nitrogen and oxygen atoms in total. The second-order valence-corrected chi connectivity index (χ2v) is 4.74. The number of hydrogen-bond donors (Lipinski definition) is 1. The maximum absolute atomic E-state index is 5.87. The standard InChI is InChI=1S/C14H13Cl2NO2/c15-10-7-11(16)9-14(8-10)19-6-5-18-13-3-1-12(17)2-4-13/h1-4,7-9H,5-6,17H2. The van der Waals surface area contributed by atoms with E-state index in [1.54, 1.807) is 30.3 Å². The van der Waals surface area contributed by atoms with Crippen molar-refractivity contribution in [2.75, 3.05) is 18.9 Å². The van der Waals surface area contributed by atoms with Gasteiger partial charge >= 0.3 is 0 Å². The molecule has 2 N–H and O–H groups in total. The highest BCUT2D eigenvalue weighted by molar-refractivity contribution is 6.34. The summed E-state index contributed by atoms with van der Waals surface area (Å²) in [6.45, 7) is 0.828. The third kappa shape index (κ3) is 4.54. The Balaban J connectivity index is 1.79. The summed E-state index contributed by atoms with van der Waals surface area (Å²) in [5.41, 5.74) is 6.29. The number of halogens is 2. The number of anilines is 1. The topological polar surface area (TPSA) is 44.5 Å². The van der Waals surface area contributed by atoms with Crippen molar-refractivity contribution in [2.45, 2.75) is 0 Å². The fourth-order valence-electron chi connectivity index (χ4n) is 1.49. The Morgan fingerprint density at radius 2 is 1.32 bits per heavy atom. The highest BCUT2D eigenvalue weighted by Gasteiger charge is 1.99.